The first-order valence-electron chi connectivity index (χ1n) is 10.4. The van der Waals surface area contributed by atoms with Crippen LogP contribution in [0, 0.1) is 5.41 Å². The van der Waals surface area contributed by atoms with Crippen LogP contribution in [0.25, 0.3) is 0 Å². The smallest absolute Gasteiger partial charge is 0.316 e. The van der Waals surface area contributed by atoms with E-state index < -0.39 is 0 Å². The molecule has 2 aromatic heterocycles. The molecular formula is C20H28N6O2. The Morgan fingerprint density at radius 2 is 2.07 bits per heavy atom. The topological polar surface area (TPSA) is 89.1 Å². The molecular weight excluding hydrogens is 356 g/mol. The molecule has 8 nitrogen and oxygen atoms in total. The van der Waals surface area contributed by atoms with Crippen molar-refractivity contribution in [3.8, 4) is 0 Å². The second-order valence-corrected chi connectivity index (χ2v) is 8.82. The number of piperidine rings is 1. The van der Waals surface area contributed by atoms with Crippen molar-refractivity contribution in [2.24, 2.45) is 12.5 Å². The lowest BCUT2D eigenvalue weighted by Gasteiger charge is -2.33. The first-order chi connectivity index (χ1) is 13.5. The van der Waals surface area contributed by atoms with Gasteiger partial charge in [0.25, 0.3) is 0 Å². The molecule has 3 heterocycles. The third-order valence-electron chi connectivity index (χ3n) is 6.94. The number of anilines is 1. The minimum Gasteiger partial charge on any atom is -0.408 e. The van der Waals surface area contributed by atoms with Gasteiger partial charge in [0.15, 0.2) is 0 Å². The average molecular weight is 384 g/mol. The number of amides is 1. The number of nitrogens with one attached hydrogen (secondary N) is 1. The molecule has 8 heteroatoms. The maximum atomic E-state index is 12.7. The molecule has 0 aromatic carbocycles. The van der Waals surface area contributed by atoms with Crippen LogP contribution in [0.2, 0.25) is 0 Å². The lowest BCUT2D eigenvalue weighted by Crippen LogP contribution is -2.45. The molecule has 2 atom stereocenters. The third kappa shape index (κ3) is 3.18. The number of hydrogen-bond donors (Lipinski definition) is 1. The highest BCUT2D eigenvalue weighted by atomic mass is 16.4. The SMILES string of the molecule is C[C@@H](Nc1nnc([C@H]2CCc3c(cnn3C)C2)o1)C(=O)N1CCC2(CC1)CC2. The van der Waals surface area contributed by atoms with E-state index in [0.29, 0.717) is 17.3 Å². The van der Waals surface area contributed by atoms with Gasteiger partial charge in [-0.1, -0.05) is 5.10 Å². The summed E-state index contributed by atoms with van der Waals surface area (Å²) in [5, 5.41) is 15.8. The fourth-order valence-corrected chi connectivity index (χ4v) is 4.75. The minimum atomic E-state index is -0.363. The zero-order valence-electron chi connectivity index (χ0n) is 16.6. The summed E-state index contributed by atoms with van der Waals surface area (Å²) in [5.74, 6) is 0.973. The predicted octanol–water partition coefficient (Wildman–Crippen LogP) is 2.28. The summed E-state index contributed by atoms with van der Waals surface area (Å²) >= 11 is 0. The monoisotopic (exact) mass is 384 g/mol. The molecule has 0 unspecified atom stereocenters. The standard InChI is InChI=1S/C20H28N6O2/c1-13(18(27)26-9-7-20(5-6-20)8-10-26)22-19-24-23-17(28-19)14-3-4-16-15(11-14)12-21-25(16)2/h12-14H,3-11H2,1-2H3,(H,22,24)/t13-,14+/m1/s1. The van der Waals surface area contributed by atoms with Gasteiger partial charge in [-0.2, -0.15) is 5.10 Å². The molecule has 1 amide bonds. The third-order valence-corrected chi connectivity index (χ3v) is 6.94. The lowest BCUT2D eigenvalue weighted by atomic mass is 9.88. The second kappa shape index (κ2) is 6.60. The maximum Gasteiger partial charge on any atom is 0.316 e. The van der Waals surface area contributed by atoms with Gasteiger partial charge in [-0.15, -0.1) is 5.10 Å². The summed E-state index contributed by atoms with van der Waals surface area (Å²) in [5.41, 5.74) is 3.12. The number of aryl methyl sites for hydroxylation is 1. The fraction of sp³-hybridized carbons (Fsp3) is 0.700. The van der Waals surface area contributed by atoms with E-state index in [9.17, 15) is 4.79 Å². The summed E-state index contributed by atoms with van der Waals surface area (Å²) in [6.07, 6.45) is 9.72. The number of fused-ring (bicyclic) bond motifs is 1. The molecule has 150 valence electrons. The predicted molar refractivity (Wildman–Crippen MR) is 103 cm³/mol. The Labute approximate surface area is 164 Å². The van der Waals surface area contributed by atoms with Crippen molar-refractivity contribution < 1.29 is 9.21 Å². The molecule has 0 radical (unpaired) electrons. The molecule has 0 bridgehead atoms. The van der Waals surface area contributed by atoms with Crippen LogP contribution in [0.15, 0.2) is 10.6 Å². The number of carbonyl (C=O) groups excluding carboxylic acids is 1. The van der Waals surface area contributed by atoms with Gasteiger partial charge in [0.1, 0.15) is 6.04 Å². The highest BCUT2D eigenvalue weighted by Gasteiger charge is 2.45. The van der Waals surface area contributed by atoms with Crippen molar-refractivity contribution in [2.75, 3.05) is 18.4 Å². The highest BCUT2D eigenvalue weighted by Crippen LogP contribution is 2.53. The highest BCUT2D eigenvalue weighted by molar-refractivity contribution is 5.83. The van der Waals surface area contributed by atoms with Crippen LogP contribution in [0.3, 0.4) is 0 Å². The summed E-state index contributed by atoms with van der Waals surface area (Å²) in [6, 6.07) is -0.0265. The van der Waals surface area contributed by atoms with Crippen molar-refractivity contribution in [1.82, 2.24) is 24.9 Å². The Morgan fingerprint density at radius 1 is 1.29 bits per heavy atom. The van der Waals surface area contributed by atoms with Gasteiger partial charge in [0.2, 0.25) is 11.8 Å². The Balaban J connectivity index is 1.19. The molecule has 2 aromatic rings. The molecule has 1 spiro atoms. The van der Waals surface area contributed by atoms with E-state index in [1.54, 1.807) is 0 Å². The molecule has 1 aliphatic heterocycles. The number of carbonyl (C=O) groups is 1. The lowest BCUT2D eigenvalue weighted by molar-refractivity contribution is -0.133. The van der Waals surface area contributed by atoms with Crippen molar-refractivity contribution in [2.45, 2.75) is 63.8 Å². The normalized spacial score (nSPS) is 24.1. The van der Waals surface area contributed by atoms with Gasteiger partial charge in [-0.25, -0.2) is 0 Å². The van der Waals surface area contributed by atoms with Crippen LogP contribution >= 0.6 is 0 Å². The molecule has 2 fully saturated rings. The Hall–Kier alpha value is -2.38. The Morgan fingerprint density at radius 3 is 2.82 bits per heavy atom. The average Bonchev–Trinajstić information content (AvgIpc) is 3.12. The van der Waals surface area contributed by atoms with Crippen LogP contribution in [-0.2, 0) is 24.7 Å². The summed E-state index contributed by atoms with van der Waals surface area (Å²) in [6.45, 7) is 3.61. The number of hydrogen-bond acceptors (Lipinski definition) is 6. The molecule has 2 aliphatic carbocycles. The van der Waals surface area contributed by atoms with Gasteiger partial charge in [-0.3, -0.25) is 9.48 Å². The molecule has 3 aliphatic rings. The van der Waals surface area contributed by atoms with E-state index in [-0.39, 0.29) is 17.9 Å². The number of likely N-dealkylation sites (tertiary alicyclic amines) is 1. The summed E-state index contributed by atoms with van der Waals surface area (Å²) < 4.78 is 7.81. The van der Waals surface area contributed by atoms with E-state index in [0.717, 1.165) is 45.2 Å². The summed E-state index contributed by atoms with van der Waals surface area (Å²) in [4.78, 5) is 14.7. The van der Waals surface area contributed by atoms with Gasteiger partial charge in [0.05, 0.1) is 6.20 Å². The minimum absolute atomic E-state index is 0.118. The van der Waals surface area contributed by atoms with Crippen molar-refractivity contribution in [1.29, 1.82) is 0 Å². The van der Waals surface area contributed by atoms with Gasteiger partial charge < -0.3 is 14.6 Å². The van der Waals surface area contributed by atoms with Crippen LogP contribution in [0.1, 0.15) is 62.1 Å². The van der Waals surface area contributed by atoms with E-state index in [1.807, 2.05) is 29.7 Å². The van der Waals surface area contributed by atoms with Gasteiger partial charge in [0, 0.05) is 31.7 Å². The second-order valence-electron chi connectivity index (χ2n) is 8.82. The fourth-order valence-electron chi connectivity index (χ4n) is 4.75. The maximum absolute atomic E-state index is 12.7. The van der Waals surface area contributed by atoms with Crippen molar-refractivity contribution in [3.63, 3.8) is 0 Å². The van der Waals surface area contributed by atoms with Crippen molar-refractivity contribution in [3.05, 3.63) is 23.3 Å². The number of nitrogens with zero attached hydrogens (tertiary/aromatic N) is 5. The zero-order valence-corrected chi connectivity index (χ0v) is 16.6. The molecule has 1 saturated carbocycles. The Kier molecular flexibility index (Phi) is 4.17. The van der Waals surface area contributed by atoms with Gasteiger partial charge in [-0.05, 0) is 62.8 Å². The van der Waals surface area contributed by atoms with E-state index in [1.165, 1.54) is 24.1 Å². The van der Waals surface area contributed by atoms with Gasteiger partial charge >= 0.3 is 6.01 Å². The number of aromatic nitrogens is 4. The van der Waals surface area contributed by atoms with Crippen LogP contribution < -0.4 is 5.32 Å². The van der Waals surface area contributed by atoms with E-state index in [2.05, 4.69) is 20.6 Å². The molecule has 1 N–H and O–H groups in total. The Bertz CT molecular complexity index is 873. The summed E-state index contributed by atoms with van der Waals surface area (Å²) in [7, 11) is 1.99. The molecule has 5 rings (SSSR count). The first kappa shape index (κ1) is 17.7. The van der Waals surface area contributed by atoms with Crippen molar-refractivity contribution >= 4 is 11.9 Å². The largest absolute Gasteiger partial charge is 0.408 e. The van der Waals surface area contributed by atoms with E-state index >= 15 is 0 Å². The number of rotatable bonds is 4. The first-order valence-corrected chi connectivity index (χ1v) is 10.4. The molecule has 1 saturated heterocycles. The quantitative estimate of drug-likeness (QED) is 0.870. The molecule has 28 heavy (non-hydrogen) atoms. The van der Waals surface area contributed by atoms with Crippen LogP contribution in [0.4, 0.5) is 6.01 Å². The van der Waals surface area contributed by atoms with E-state index in [4.69, 9.17) is 4.42 Å². The van der Waals surface area contributed by atoms with Crippen LogP contribution in [0.5, 0.6) is 0 Å². The zero-order chi connectivity index (χ0) is 19.3. The van der Waals surface area contributed by atoms with Crippen LogP contribution in [-0.4, -0.2) is 49.9 Å².